The summed E-state index contributed by atoms with van der Waals surface area (Å²) in [5.74, 6) is -0.398. The van der Waals surface area contributed by atoms with Crippen LogP contribution in [0.3, 0.4) is 0 Å². The Kier molecular flexibility index (Phi) is 4.03. The molecule has 2 amide bonds. The summed E-state index contributed by atoms with van der Waals surface area (Å²) in [5.41, 5.74) is 1.11. The van der Waals surface area contributed by atoms with Crippen molar-refractivity contribution in [2.75, 3.05) is 0 Å². The lowest BCUT2D eigenvalue weighted by Gasteiger charge is -2.10. The van der Waals surface area contributed by atoms with Crippen LogP contribution in [0.5, 0.6) is 0 Å². The minimum atomic E-state index is -0.305. The highest BCUT2D eigenvalue weighted by molar-refractivity contribution is 5.94. The van der Waals surface area contributed by atoms with Crippen molar-refractivity contribution >= 4 is 11.8 Å². The first-order chi connectivity index (χ1) is 7.09. The Morgan fingerprint density at radius 2 is 1.87 bits per heavy atom. The first kappa shape index (κ1) is 11.4. The molecule has 1 unspecified atom stereocenters. The molecule has 15 heavy (non-hydrogen) atoms. The average molecular weight is 205 g/mol. The van der Waals surface area contributed by atoms with Gasteiger partial charge >= 0.3 is 0 Å². The summed E-state index contributed by atoms with van der Waals surface area (Å²) in [6.07, 6.45) is 0.337. The van der Waals surface area contributed by atoms with Crippen LogP contribution in [0.15, 0.2) is 30.3 Å². The van der Waals surface area contributed by atoms with Gasteiger partial charge in [-0.1, -0.05) is 37.3 Å². The number of hydrogen-bond donors (Lipinski definition) is 1. The Morgan fingerprint density at radius 1 is 1.27 bits per heavy atom. The third kappa shape index (κ3) is 3.94. The van der Waals surface area contributed by atoms with Crippen LogP contribution in [0.4, 0.5) is 0 Å². The normalized spacial score (nSPS) is 11.9. The molecular weight excluding hydrogens is 190 g/mol. The van der Waals surface area contributed by atoms with Crippen molar-refractivity contribution in [2.24, 2.45) is 0 Å². The van der Waals surface area contributed by atoms with E-state index in [0.29, 0.717) is 6.42 Å². The summed E-state index contributed by atoms with van der Waals surface area (Å²) in [6, 6.07) is 9.77. The SMILES string of the molecule is CC(=O)NC(=O)CC(C)c1ccccc1. The highest BCUT2D eigenvalue weighted by atomic mass is 16.2. The molecule has 3 nitrogen and oxygen atoms in total. The second kappa shape index (κ2) is 5.29. The molecule has 1 rings (SSSR count). The van der Waals surface area contributed by atoms with E-state index < -0.39 is 0 Å². The third-order valence-electron chi connectivity index (χ3n) is 2.18. The van der Waals surface area contributed by atoms with Gasteiger partial charge in [-0.3, -0.25) is 14.9 Å². The summed E-state index contributed by atoms with van der Waals surface area (Å²) in [7, 11) is 0. The van der Waals surface area contributed by atoms with Gasteiger partial charge in [0, 0.05) is 13.3 Å². The molecule has 0 aliphatic rings. The van der Waals surface area contributed by atoms with Crippen molar-refractivity contribution in [3.63, 3.8) is 0 Å². The van der Waals surface area contributed by atoms with E-state index in [4.69, 9.17) is 0 Å². The lowest BCUT2D eigenvalue weighted by Crippen LogP contribution is -2.28. The van der Waals surface area contributed by atoms with E-state index in [1.165, 1.54) is 6.92 Å². The number of benzene rings is 1. The van der Waals surface area contributed by atoms with E-state index in [9.17, 15) is 9.59 Å². The van der Waals surface area contributed by atoms with Gasteiger partial charge in [0.1, 0.15) is 0 Å². The standard InChI is InChI=1S/C12H15NO2/c1-9(8-12(15)13-10(2)14)11-6-4-3-5-7-11/h3-7,9H,8H2,1-2H3,(H,13,14,15). The number of rotatable bonds is 3. The van der Waals surface area contributed by atoms with Gasteiger partial charge in [0.2, 0.25) is 11.8 Å². The Hall–Kier alpha value is -1.64. The number of imide groups is 1. The molecule has 0 aliphatic heterocycles. The highest BCUT2D eigenvalue weighted by Gasteiger charge is 2.11. The van der Waals surface area contributed by atoms with Gasteiger partial charge in [0.15, 0.2) is 0 Å². The van der Waals surface area contributed by atoms with Crippen molar-refractivity contribution in [3.8, 4) is 0 Å². The molecule has 0 radical (unpaired) electrons. The second-order valence-corrected chi connectivity index (χ2v) is 3.62. The van der Waals surface area contributed by atoms with E-state index in [0.717, 1.165) is 5.56 Å². The maximum absolute atomic E-state index is 11.3. The molecule has 0 aliphatic carbocycles. The van der Waals surface area contributed by atoms with Crippen molar-refractivity contribution in [1.29, 1.82) is 0 Å². The molecule has 1 aromatic carbocycles. The fourth-order valence-corrected chi connectivity index (χ4v) is 1.42. The first-order valence-electron chi connectivity index (χ1n) is 4.95. The third-order valence-corrected chi connectivity index (χ3v) is 2.18. The molecule has 1 aromatic rings. The van der Waals surface area contributed by atoms with Gasteiger partial charge in [-0.25, -0.2) is 0 Å². The van der Waals surface area contributed by atoms with Gasteiger partial charge in [0.05, 0.1) is 0 Å². The molecule has 0 bridgehead atoms. The van der Waals surface area contributed by atoms with Crippen LogP contribution in [-0.2, 0) is 9.59 Å². The van der Waals surface area contributed by atoms with Crippen molar-refractivity contribution < 1.29 is 9.59 Å². The van der Waals surface area contributed by atoms with E-state index >= 15 is 0 Å². The molecule has 80 valence electrons. The maximum atomic E-state index is 11.3. The summed E-state index contributed by atoms with van der Waals surface area (Å²) < 4.78 is 0. The van der Waals surface area contributed by atoms with Gasteiger partial charge in [0.25, 0.3) is 0 Å². The van der Waals surface area contributed by atoms with E-state index in [1.807, 2.05) is 37.3 Å². The minimum Gasteiger partial charge on any atom is -0.297 e. The molecule has 1 atom stereocenters. The lowest BCUT2D eigenvalue weighted by molar-refractivity contribution is -0.129. The fourth-order valence-electron chi connectivity index (χ4n) is 1.42. The monoisotopic (exact) mass is 205 g/mol. The Morgan fingerprint density at radius 3 is 2.40 bits per heavy atom. The molecule has 3 heteroatoms. The van der Waals surface area contributed by atoms with Gasteiger partial charge < -0.3 is 0 Å². The molecule has 0 heterocycles. The maximum Gasteiger partial charge on any atom is 0.227 e. The van der Waals surface area contributed by atoms with E-state index in [1.54, 1.807) is 0 Å². The van der Waals surface area contributed by atoms with Gasteiger partial charge in [-0.2, -0.15) is 0 Å². The van der Waals surface area contributed by atoms with Crippen molar-refractivity contribution in [1.82, 2.24) is 5.32 Å². The summed E-state index contributed by atoms with van der Waals surface area (Å²) in [4.78, 5) is 21.9. The zero-order valence-corrected chi connectivity index (χ0v) is 8.99. The van der Waals surface area contributed by atoms with Crippen LogP contribution in [0.1, 0.15) is 31.7 Å². The van der Waals surface area contributed by atoms with Crippen LogP contribution < -0.4 is 5.32 Å². The zero-order valence-electron chi connectivity index (χ0n) is 8.99. The summed E-state index contributed by atoms with van der Waals surface area (Å²) in [5, 5.41) is 2.27. The molecule has 0 aromatic heterocycles. The molecule has 0 saturated carbocycles. The van der Waals surface area contributed by atoms with Crippen LogP contribution in [0.25, 0.3) is 0 Å². The van der Waals surface area contributed by atoms with Crippen LogP contribution in [0, 0.1) is 0 Å². The molecular formula is C12H15NO2. The van der Waals surface area contributed by atoms with Gasteiger partial charge in [-0.15, -0.1) is 0 Å². The van der Waals surface area contributed by atoms with Crippen LogP contribution in [0.2, 0.25) is 0 Å². The van der Waals surface area contributed by atoms with Crippen LogP contribution >= 0.6 is 0 Å². The molecule has 0 saturated heterocycles. The van der Waals surface area contributed by atoms with Gasteiger partial charge in [-0.05, 0) is 11.5 Å². The zero-order chi connectivity index (χ0) is 11.3. The topological polar surface area (TPSA) is 46.2 Å². The Balaban J connectivity index is 2.53. The second-order valence-electron chi connectivity index (χ2n) is 3.62. The molecule has 0 spiro atoms. The Bertz CT molecular complexity index is 346. The molecule has 0 fully saturated rings. The van der Waals surface area contributed by atoms with E-state index in [2.05, 4.69) is 5.32 Å². The quantitative estimate of drug-likeness (QED) is 0.818. The first-order valence-corrected chi connectivity index (χ1v) is 4.95. The lowest BCUT2D eigenvalue weighted by atomic mass is 9.98. The number of amides is 2. The summed E-state index contributed by atoms with van der Waals surface area (Å²) >= 11 is 0. The van der Waals surface area contributed by atoms with E-state index in [-0.39, 0.29) is 17.7 Å². The van der Waals surface area contributed by atoms with Crippen molar-refractivity contribution in [3.05, 3.63) is 35.9 Å². The largest absolute Gasteiger partial charge is 0.297 e. The number of nitrogens with one attached hydrogen (secondary N) is 1. The Labute approximate surface area is 89.5 Å². The predicted molar refractivity (Wildman–Crippen MR) is 58.3 cm³/mol. The smallest absolute Gasteiger partial charge is 0.227 e. The minimum absolute atomic E-state index is 0.130. The molecule has 1 N–H and O–H groups in total. The fraction of sp³-hybridized carbons (Fsp3) is 0.333. The van der Waals surface area contributed by atoms with Crippen molar-refractivity contribution in [2.45, 2.75) is 26.2 Å². The summed E-state index contributed by atoms with van der Waals surface area (Å²) in [6.45, 7) is 3.31. The van der Waals surface area contributed by atoms with Crippen LogP contribution in [-0.4, -0.2) is 11.8 Å². The average Bonchev–Trinajstić information content (AvgIpc) is 2.17. The number of carbonyl (C=O) groups excluding carboxylic acids is 2. The number of hydrogen-bond acceptors (Lipinski definition) is 2. The number of carbonyl (C=O) groups is 2. The predicted octanol–water partition coefficient (Wildman–Crippen LogP) is 1.84. The highest BCUT2D eigenvalue weighted by Crippen LogP contribution is 2.17.